The van der Waals surface area contributed by atoms with E-state index in [1.165, 1.54) is 89.9 Å². The molecule has 0 aromatic heterocycles. The Balaban J connectivity index is 3.46. The summed E-state index contributed by atoms with van der Waals surface area (Å²) in [5, 5.41) is 0. The molecule has 0 heterocycles. The first-order valence-corrected chi connectivity index (χ1v) is 13.4. The molecule has 0 aliphatic rings. The van der Waals surface area contributed by atoms with Gasteiger partial charge in [-0.3, -0.25) is 9.59 Å². The van der Waals surface area contributed by atoms with Gasteiger partial charge in [-0.25, -0.2) is 0 Å². The summed E-state index contributed by atoms with van der Waals surface area (Å²) in [7, 11) is 0. The molecule has 0 saturated carbocycles. The number of rotatable bonds is 23. The number of carbonyl (C=O) groups excluding carboxylic acids is 2. The molecule has 0 aliphatic carbocycles. The molecule has 0 aromatic carbocycles. The van der Waals surface area contributed by atoms with Gasteiger partial charge in [-0.15, -0.1) is 0 Å². The molecule has 0 radical (unpaired) electrons. The highest BCUT2D eigenvalue weighted by atomic mass is 16.6. The van der Waals surface area contributed by atoms with E-state index in [9.17, 15) is 9.59 Å². The Morgan fingerprint density at radius 3 is 1.32 bits per heavy atom. The third-order valence-electron chi connectivity index (χ3n) is 5.78. The second kappa shape index (κ2) is 23.6. The maximum Gasteiger partial charge on any atom is 0.306 e. The van der Waals surface area contributed by atoms with Crippen LogP contribution in [0.5, 0.6) is 0 Å². The van der Waals surface area contributed by atoms with Crippen LogP contribution >= 0.6 is 0 Å². The summed E-state index contributed by atoms with van der Waals surface area (Å²) in [5.74, 6) is -0.352. The second-order valence-corrected chi connectivity index (χ2v) is 9.14. The Morgan fingerprint density at radius 2 is 0.903 bits per heavy atom. The van der Waals surface area contributed by atoms with Crippen LogP contribution in [0.4, 0.5) is 0 Å². The van der Waals surface area contributed by atoms with Crippen molar-refractivity contribution < 1.29 is 19.1 Å². The minimum Gasteiger partial charge on any atom is -0.462 e. The van der Waals surface area contributed by atoms with Gasteiger partial charge in [0.15, 0.2) is 0 Å². The Labute approximate surface area is 193 Å². The molecule has 0 unspecified atom stereocenters. The smallest absolute Gasteiger partial charge is 0.306 e. The minimum atomic E-state index is -0.363. The van der Waals surface area contributed by atoms with Crippen LogP contribution in [0.15, 0.2) is 0 Å². The summed E-state index contributed by atoms with van der Waals surface area (Å²) in [6.07, 6.45) is 22.7. The number of unbranched alkanes of at least 4 members (excludes halogenated alkanes) is 16. The molecule has 0 aromatic rings. The van der Waals surface area contributed by atoms with Crippen LogP contribution in [0, 0.1) is 0 Å². The maximum absolute atomic E-state index is 11.9. The van der Waals surface area contributed by atoms with Crippen molar-refractivity contribution in [1.82, 2.24) is 0 Å². The molecular formula is C27H52O4. The maximum atomic E-state index is 11.9. The van der Waals surface area contributed by atoms with E-state index >= 15 is 0 Å². The van der Waals surface area contributed by atoms with Crippen LogP contribution in [0.2, 0.25) is 0 Å². The highest BCUT2D eigenvalue weighted by Gasteiger charge is 2.12. The first-order valence-electron chi connectivity index (χ1n) is 13.4. The van der Waals surface area contributed by atoms with Gasteiger partial charge in [-0.05, 0) is 19.8 Å². The second-order valence-electron chi connectivity index (χ2n) is 9.14. The Morgan fingerprint density at radius 1 is 0.548 bits per heavy atom. The van der Waals surface area contributed by atoms with Gasteiger partial charge < -0.3 is 9.47 Å². The molecule has 0 rings (SSSR count). The van der Waals surface area contributed by atoms with E-state index in [1.807, 2.05) is 0 Å². The Kier molecular flexibility index (Phi) is 22.8. The number of hydrogen-bond donors (Lipinski definition) is 0. The third-order valence-corrected chi connectivity index (χ3v) is 5.78. The van der Waals surface area contributed by atoms with Crippen molar-refractivity contribution in [3.05, 3.63) is 0 Å². The summed E-state index contributed by atoms with van der Waals surface area (Å²) < 4.78 is 10.6. The number of hydrogen-bond acceptors (Lipinski definition) is 4. The van der Waals surface area contributed by atoms with E-state index in [-0.39, 0.29) is 24.6 Å². The Hall–Kier alpha value is -1.06. The van der Waals surface area contributed by atoms with E-state index in [1.54, 1.807) is 6.92 Å². The van der Waals surface area contributed by atoms with Gasteiger partial charge in [0.1, 0.15) is 12.7 Å². The normalized spacial score (nSPS) is 12.0. The van der Waals surface area contributed by atoms with Crippen LogP contribution < -0.4 is 0 Å². The lowest BCUT2D eigenvalue weighted by Crippen LogP contribution is -2.22. The van der Waals surface area contributed by atoms with Gasteiger partial charge in [-0.2, -0.15) is 0 Å². The molecular weight excluding hydrogens is 388 g/mol. The van der Waals surface area contributed by atoms with Gasteiger partial charge in [0.2, 0.25) is 0 Å². The summed E-state index contributed by atoms with van der Waals surface area (Å²) in [6.45, 7) is 6.44. The van der Waals surface area contributed by atoms with Gasteiger partial charge >= 0.3 is 11.9 Å². The summed E-state index contributed by atoms with van der Waals surface area (Å²) >= 11 is 0. The van der Waals surface area contributed by atoms with Gasteiger partial charge in [0.05, 0.1) is 0 Å². The molecule has 0 saturated heterocycles. The van der Waals surface area contributed by atoms with Crippen LogP contribution in [-0.4, -0.2) is 24.6 Å². The fourth-order valence-corrected chi connectivity index (χ4v) is 3.76. The van der Waals surface area contributed by atoms with Crippen LogP contribution in [-0.2, 0) is 19.1 Å². The van der Waals surface area contributed by atoms with Crippen molar-refractivity contribution in [1.29, 1.82) is 0 Å². The van der Waals surface area contributed by atoms with E-state index in [2.05, 4.69) is 13.8 Å². The predicted octanol–water partition coefficient (Wildman–Crippen LogP) is 8.30. The number of carbonyl (C=O) groups is 2. The predicted molar refractivity (Wildman–Crippen MR) is 130 cm³/mol. The van der Waals surface area contributed by atoms with E-state index in [0.29, 0.717) is 12.8 Å². The van der Waals surface area contributed by atoms with Crippen molar-refractivity contribution in [3.8, 4) is 0 Å². The summed E-state index contributed by atoms with van der Waals surface area (Å²) in [5.41, 5.74) is 0. The van der Waals surface area contributed by atoms with Crippen molar-refractivity contribution in [2.75, 3.05) is 6.61 Å². The highest BCUT2D eigenvalue weighted by molar-refractivity contribution is 5.70. The standard InChI is InChI=1S/C27H52O4/c1-4-6-8-10-12-14-16-18-20-22-26(28)30-24-25(3)31-27(29)23-21-19-17-15-13-11-9-7-5-2/h25H,4-24H2,1-3H3/t25-/m0/s1. The molecule has 0 aliphatic heterocycles. The average molecular weight is 441 g/mol. The van der Waals surface area contributed by atoms with Crippen LogP contribution in [0.25, 0.3) is 0 Å². The molecule has 0 N–H and O–H groups in total. The fraction of sp³-hybridized carbons (Fsp3) is 0.926. The molecule has 4 nitrogen and oxygen atoms in total. The fourth-order valence-electron chi connectivity index (χ4n) is 3.76. The number of esters is 2. The zero-order valence-corrected chi connectivity index (χ0v) is 21.1. The zero-order valence-electron chi connectivity index (χ0n) is 21.1. The zero-order chi connectivity index (χ0) is 23.0. The van der Waals surface area contributed by atoms with E-state index in [4.69, 9.17) is 9.47 Å². The van der Waals surface area contributed by atoms with Gasteiger partial charge in [0.25, 0.3) is 0 Å². The minimum absolute atomic E-state index is 0.166. The lowest BCUT2D eigenvalue weighted by molar-refractivity contribution is -0.158. The lowest BCUT2D eigenvalue weighted by atomic mass is 10.1. The van der Waals surface area contributed by atoms with Crippen LogP contribution in [0.1, 0.15) is 149 Å². The molecule has 1 atom stereocenters. The van der Waals surface area contributed by atoms with Gasteiger partial charge in [0, 0.05) is 12.8 Å². The molecule has 0 amide bonds. The van der Waals surface area contributed by atoms with Crippen molar-refractivity contribution >= 4 is 11.9 Å². The van der Waals surface area contributed by atoms with Crippen molar-refractivity contribution in [3.63, 3.8) is 0 Å². The quantitative estimate of drug-likeness (QED) is 0.118. The first kappa shape index (κ1) is 29.9. The van der Waals surface area contributed by atoms with Crippen LogP contribution in [0.3, 0.4) is 0 Å². The molecule has 31 heavy (non-hydrogen) atoms. The summed E-state index contributed by atoms with van der Waals surface area (Å²) in [4.78, 5) is 23.7. The molecule has 0 fully saturated rings. The molecule has 4 heteroatoms. The molecule has 0 bridgehead atoms. The SMILES string of the molecule is CCCCCCCCCCCC(=O)OC[C@H](C)OC(=O)CCCCCCCCCCC. The molecule has 184 valence electrons. The van der Waals surface area contributed by atoms with Gasteiger partial charge in [-0.1, -0.05) is 117 Å². The molecule has 0 spiro atoms. The monoisotopic (exact) mass is 440 g/mol. The lowest BCUT2D eigenvalue weighted by Gasteiger charge is -2.13. The third kappa shape index (κ3) is 23.4. The number of ether oxygens (including phenoxy) is 2. The van der Waals surface area contributed by atoms with E-state index < -0.39 is 0 Å². The highest BCUT2D eigenvalue weighted by Crippen LogP contribution is 2.12. The van der Waals surface area contributed by atoms with Crippen molar-refractivity contribution in [2.45, 2.75) is 155 Å². The Bertz CT molecular complexity index is 408. The summed E-state index contributed by atoms with van der Waals surface area (Å²) in [6, 6.07) is 0. The van der Waals surface area contributed by atoms with E-state index in [0.717, 1.165) is 25.7 Å². The van der Waals surface area contributed by atoms with Crippen molar-refractivity contribution in [2.24, 2.45) is 0 Å². The first-order chi connectivity index (χ1) is 15.1. The largest absolute Gasteiger partial charge is 0.462 e. The topological polar surface area (TPSA) is 52.6 Å². The average Bonchev–Trinajstić information content (AvgIpc) is 2.75.